The van der Waals surface area contributed by atoms with Crippen LogP contribution in [0.15, 0.2) is 9.79 Å². The molecule has 1 heterocycles. The molecule has 13 heavy (non-hydrogen) atoms. The number of nitrogens with two attached hydrogens (primary N) is 1. The molecule has 0 spiro atoms. The van der Waals surface area contributed by atoms with E-state index in [0.717, 1.165) is 6.42 Å². The number of H-pyrrole nitrogens is 1. The summed E-state index contributed by atoms with van der Waals surface area (Å²) in [6, 6.07) is 0. The number of aliphatic imine (C=N–C) groups is 1. The number of aromatic nitrogens is 2. The normalized spacial score (nSPS) is 10.9. The van der Waals surface area contributed by atoms with Crippen LogP contribution >= 0.6 is 0 Å². The minimum absolute atomic E-state index is 0.123. The van der Waals surface area contributed by atoms with Gasteiger partial charge < -0.3 is 5.73 Å². The van der Waals surface area contributed by atoms with Crippen LogP contribution in [0.2, 0.25) is 0 Å². The number of nitrogen functional groups attached to an aromatic ring is 1. The Morgan fingerprint density at radius 3 is 2.92 bits per heavy atom. The Bertz CT molecular complexity index is 380. The molecule has 1 rings (SSSR count). The van der Waals surface area contributed by atoms with Gasteiger partial charge in [-0.1, -0.05) is 6.92 Å². The minimum atomic E-state index is -0.297. The number of nitrogens with zero attached hydrogens (tertiary/aromatic N) is 2. The summed E-state index contributed by atoms with van der Waals surface area (Å²) < 4.78 is 0. The van der Waals surface area contributed by atoms with Crippen LogP contribution in [-0.2, 0) is 0 Å². The average molecular weight is 180 g/mol. The van der Waals surface area contributed by atoms with E-state index in [1.165, 1.54) is 0 Å². The summed E-state index contributed by atoms with van der Waals surface area (Å²) in [5.41, 5.74) is 5.92. The second kappa shape index (κ2) is 3.84. The quantitative estimate of drug-likeness (QED) is 0.659. The van der Waals surface area contributed by atoms with Crippen LogP contribution in [0.4, 0.5) is 11.6 Å². The summed E-state index contributed by atoms with van der Waals surface area (Å²) in [4.78, 5) is 21.5. The molecule has 1 aromatic heterocycles. The monoisotopic (exact) mass is 180 g/mol. The predicted octanol–water partition coefficient (Wildman–Crippen LogP) is 0.773. The van der Waals surface area contributed by atoms with Crippen molar-refractivity contribution in [1.82, 2.24) is 9.97 Å². The van der Waals surface area contributed by atoms with Crippen LogP contribution < -0.4 is 11.3 Å². The number of anilines is 1. The number of aryl methyl sites for hydroxylation is 1. The molecule has 0 unspecified atom stereocenters. The van der Waals surface area contributed by atoms with Gasteiger partial charge >= 0.3 is 0 Å². The minimum Gasteiger partial charge on any atom is -0.369 e. The molecule has 0 amide bonds. The van der Waals surface area contributed by atoms with Gasteiger partial charge in [-0.3, -0.25) is 14.8 Å². The van der Waals surface area contributed by atoms with Gasteiger partial charge in [0.05, 0.1) is 5.69 Å². The lowest BCUT2D eigenvalue weighted by Crippen LogP contribution is -2.12. The highest BCUT2D eigenvalue weighted by Gasteiger charge is 2.03. The summed E-state index contributed by atoms with van der Waals surface area (Å²) in [5.74, 6) is 0.123. The maximum atomic E-state index is 11.3. The predicted molar refractivity (Wildman–Crippen MR) is 52.5 cm³/mol. The van der Waals surface area contributed by atoms with Crippen molar-refractivity contribution in [3.05, 3.63) is 16.0 Å². The maximum absolute atomic E-state index is 11.3. The fraction of sp³-hybridized carbons (Fsp3) is 0.375. The van der Waals surface area contributed by atoms with Gasteiger partial charge in [-0.2, -0.15) is 0 Å². The first kappa shape index (κ1) is 9.44. The maximum Gasteiger partial charge on any atom is 0.278 e. The summed E-state index contributed by atoms with van der Waals surface area (Å²) >= 11 is 0. The molecule has 0 aliphatic rings. The van der Waals surface area contributed by atoms with Gasteiger partial charge in [0.2, 0.25) is 5.95 Å². The molecule has 5 heteroatoms. The lowest BCUT2D eigenvalue weighted by atomic mass is 10.4. The topological polar surface area (TPSA) is 84.1 Å². The van der Waals surface area contributed by atoms with E-state index in [-0.39, 0.29) is 11.5 Å². The van der Waals surface area contributed by atoms with Crippen molar-refractivity contribution in [2.75, 3.05) is 5.73 Å². The molecule has 0 saturated heterocycles. The Morgan fingerprint density at radius 1 is 1.69 bits per heavy atom. The Morgan fingerprint density at radius 2 is 2.38 bits per heavy atom. The van der Waals surface area contributed by atoms with Crippen LogP contribution in [0.5, 0.6) is 0 Å². The Labute approximate surface area is 75.7 Å². The van der Waals surface area contributed by atoms with Crippen molar-refractivity contribution in [2.45, 2.75) is 20.3 Å². The first-order chi connectivity index (χ1) is 6.15. The van der Waals surface area contributed by atoms with E-state index in [1.807, 2.05) is 6.92 Å². The van der Waals surface area contributed by atoms with Gasteiger partial charge in [-0.15, -0.1) is 0 Å². The largest absolute Gasteiger partial charge is 0.369 e. The van der Waals surface area contributed by atoms with Gasteiger partial charge in [0, 0.05) is 6.21 Å². The van der Waals surface area contributed by atoms with Crippen LogP contribution in [0.25, 0.3) is 0 Å². The molecule has 0 bridgehead atoms. The van der Waals surface area contributed by atoms with E-state index in [4.69, 9.17) is 5.73 Å². The van der Waals surface area contributed by atoms with Crippen molar-refractivity contribution < 1.29 is 0 Å². The molecule has 0 saturated carbocycles. The molecule has 0 aliphatic heterocycles. The molecule has 0 atom stereocenters. The zero-order valence-corrected chi connectivity index (χ0v) is 7.66. The van der Waals surface area contributed by atoms with Gasteiger partial charge in [-0.25, -0.2) is 4.98 Å². The molecule has 70 valence electrons. The van der Waals surface area contributed by atoms with Crippen LogP contribution in [0.1, 0.15) is 19.0 Å². The first-order valence-electron chi connectivity index (χ1n) is 4.04. The lowest BCUT2D eigenvalue weighted by molar-refractivity contribution is 1.07. The zero-order valence-electron chi connectivity index (χ0n) is 7.66. The molecule has 3 N–H and O–H groups in total. The molecule has 5 nitrogen and oxygen atoms in total. The standard InChI is InChI=1S/C8H12N4O/c1-3-4-10-6-5(2)11-8(9)12-7(6)13/h4H,3H2,1-2H3,(H3,9,11,12,13)/b10-4-. The van der Waals surface area contributed by atoms with E-state index in [2.05, 4.69) is 15.0 Å². The summed E-state index contributed by atoms with van der Waals surface area (Å²) in [6.07, 6.45) is 2.44. The number of hydrogen-bond acceptors (Lipinski definition) is 4. The summed E-state index contributed by atoms with van der Waals surface area (Å²) in [6.45, 7) is 3.64. The van der Waals surface area contributed by atoms with Gasteiger partial charge in [0.1, 0.15) is 5.69 Å². The molecule has 0 radical (unpaired) electrons. The van der Waals surface area contributed by atoms with Crippen molar-refractivity contribution in [3.8, 4) is 0 Å². The number of hydrogen-bond donors (Lipinski definition) is 2. The van der Waals surface area contributed by atoms with Gasteiger partial charge in [0.15, 0.2) is 0 Å². The zero-order chi connectivity index (χ0) is 9.84. The summed E-state index contributed by atoms with van der Waals surface area (Å²) in [7, 11) is 0. The second-order valence-electron chi connectivity index (χ2n) is 2.61. The second-order valence-corrected chi connectivity index (χ2v) is 2.61. The lowest BCUT2D eigenvalue weighted by Gasteiger charge is -1.98. The van der Waals surface area contributed by atoms with Crippen molar-refractivity contribution in [1.29, 1.82) is 0 Å². The van der Waals surface area contributed by atoms with E-state index in [9.17, 15) is 4.79 Å². The first-order valence-corrected chi connectivity index (χ1v) is 4.04. The Kier molecular flexibility index (Phi) is 2.79. The Hall–Kier alpha value is -1.65. The number of rotatable bonds is 2. The van der Waals surface area contributed by atoms with E-state index in [1.54, 1.807) is 13.1 Å². The average Bonchev–Trinajstić information content (AvgIpc) is 2.02. The highest BCUT2D eigenvalue weighted by molar-refractivity contribution is 5.63. The smallest absolute Gasteiger partial charge is 0.278 e. The van der Waals surface area contributed by atoms with E-state index >= 15 is 0 Å². The fourth-order valence-electron chi connectivity index (χ4n) is 0.936. The third-order valence-electron chi connectivity index (χ3n) is 1.49. The van der Waals surface area contributed by atoms with Crippen molar-refractivity contribution >= 4 is 17.9 Å². The van der Waals surface area contributed by atoms with Crippen LogP contribution in [-0.4, -0.2) is 16.2 Å². The molecule has 0 aromatic carbocycles. The van der Waals surface area contributed by atoms with Gasteiger partial charge in [0.25, 0.3) is 5.56 Å². The van der Waals surface area contributed by atoms with Gasteiger partial charge in [-0.05, 0) is 13.3 Å². The van der Waals surface area contributed by atoms with E-state index < -0.39 is 0 Å². The molecular formula is C8H12N4O. The van der Waals surface area contributed by atoms with Crippen molar-refractivity contribution in [3.63, 3.8) is 0 Å². The Balaban J connectivity index is 3.21. The summed E-state index contributed by atoms with van der Waals surface area (Å²) in [5, 5.41) is 0. The highest BCUT2D eigenvalue weighted by atomic mass is 16.1. The number of aromatic amines is 1. The fourth-order valence-corrected chi connectivity index (χ4v) is 0.936. The third kappa shape index (κ3) is 2.14. The number of nitrogens with one attached hydrogen (secondary N) is 1. The molecule has 0 fully saturated rings. The van der Waals surface area contributed by atoms with E-state index in [0.29, 0.717) is 11.4 Å². The third-order valence-corrected chi connectivity index (χ3v) is 1.49. The highest BCUT2D eigenvalue weighted by Crippen LogP contribution is 2.08. The molecule has 0 aliphatic carbocycles. The molecule has 1 aromatic rings. The SMILES string of the molecule is CC/C=N\c1c(C)nc(N)[nH]c1=O. The van der Waals surface area contributed by atoms with Crippen LogP contribution in [0, 0.1) is 6.92 Å². The van der Waals surface area contributed by atoms with Crippen LogP contribution in [0.3, 0.4) is 0 Å². The molecular weight excluding hydrogens is 168 g/mol. The van der Waals surface area contributed by atoms with Crippen molar-refractivity contribution in [2.24, 2.45) is 4.99 Å².